The van der Waals surface area contributed by atoms with E-state index in [2.05, 4.69) is 8.92 Å². The number of carboxylic acid groups (broad SMARTS) is 1. The molecule has 7 aliphatic rings. The molecule has 0 spiro atoms. The third kappa shape index (κ3) is 109. The van der Waals surface area contributed by atoms with Crippen molar-refractivity contribution in [1.29, 1.82) is 0 Å². The molecule has 141 heavy (non-hydrogen) atoms. The molecule has 6 heterocycles. The van der Waals surface area contributed by atoms with Gasteiger partial charge in [0.05, 0.1) is 184 Å². The molecule has 4 atom stereocenters. The number of amides is 4. The maximum Gasteiger partial charge on any atom is 0.308 e. The van der Waals surface area contributed by atoms with Gasteiger partial charge in [-0.25, -0.2) is 0 Å². The van der Waals surface area contributed by atoms with E-state index < -0.39 is 51.5 Å². The van der Waals surface area contributed by atoms with Gasteiger partial charge in [0.15, 0.2) is 36.7 Å². The molecule has 0 bridgehead atoms. The van der Waals surface area contributed by atoms with Gasteiger partial charge in [-0.1, -0.05) is 6.92 Å². The first-order valence-electron chi connectivity index (χ1n) is 47.4. The minimum absolute atomic E-state index is 0.0270. The Morgan fingerprint density at radius 2 is 0.603 bits per heavy atom. The van der Waals surface area contributed by atoms with Crippen LogP contribution in [0, 0.1) is 0 Å². The van der Waals surface area contributed by atoms with E-state index in [9.17, 15) is 61.2 Å². The van der Waals surface area contributed by atoms with E-state index in [4.69, 9.17) is 140 Å². The zero-order chi connectivity index (χ0) is 107. The van der Waals surface area contributed by atoms with E-state index in [1.54, 1.807) is 27.7 Å². The molecular weight excluding hydrogens is 1890 g/mol. The summed E-state index contributed by atoms with van der Waals surface area (Å²) in [6, 6.07) is 0. The molecule has 0 saturated carbocycles. The molecule has 828 valence electrons. The van der Waals surface area contributed by atoms with Crippen LogP contribution in [0.5, 0.6) is 0 Å². The molecule has 0 aromatic heterocycles. The molecule has 46 nitrogen and oxygen atoms in total. The quantitative estimate of drug-likeness (QED) is 0.00664. The molecule has 4 amide bonds. The van der Waals surface area contributed by atoms with Crippen LogP contribution in [0.25, 0.3) is 0 Å². The molecule has 1 aliphatic carbocycles. The van der Waals surface area contributed by atoms with Crippen LogP contribution in [-0.2, 0) is 176 Å². The summed E-state index contributed by atoms with van der Waals surface area (Å²) in [7, 11) is -3.35. The second-order valence-electron chi connectivity index (χ2n) is 33.4. The van der Waals surface area contributed by atoms with Gasteiger partial charge in [0.2, 0.25) is 0 Å². The summed E-state index contributed by atoms with van der Waals surface area (Å²) < 4.78 is 143. The number of carbonyl (C=O) groups excluding carboxylic acids is 10. The number of imide groups is 2. The molecular formula is C94H172N2O44S. The van der Waals surface area contributed by atoms with Crippen LogP contribution >= 0.6 is 0 Å². The van der Waals surface area contributed by atoms with E-state index in [-0.39, 0.29) is 197 Å². The van der Waals surface area contributed by atoms with Gasteiger partial charge in [0.25, 0.3) is 33.7 Å². The summed E-state index contributed by atoms with van der Waals surface area (Å²) in [6.45, 7) is 40.8. The fourth-order valence-corrected chi connectivity index (χ4v) is 10.4. The Balaban J connectivity index is -0.000000486. The Bertz CT molecular complexity index is 3200. The fraction of sp³-hybridized carbons (Fsp3) is 0.819. The number of allylic oxidation sites excluding steroid dienone is 2. The molecule has 47 heteroatoms. The zero-order valence-corrected chi connectivity index (χ0v) is 87.4. The fourth-order valence-electron chi connectivity index (χ4n) is 10.0. The van der Waals surface area contributed by atoms with Gasteiger partial charge in [-0.3, -0.25) is 66.7 Å². The highest BCUT2D eigenvalue weighted by atomic mass is 32.2. The Labute approximate surface area is 833 Å². The lowest BCUT2D eigenvalue weighted by Gasteiger charge is -2.22. The standard InChI is InChI=1S/C14H21NO6.C11H22O4.C10H13NO6.C10H20O5.C9H18O3.C8H16O5S.C8H16O4.C7H14O3.C7H14O2.C5H4O2.C4H10O2.CH4O2/c1-14(2,3)21-13(18)6-7-19-8-9-20-10-15-11(16)4-5-12(15)17;1-5-13-8-9-14-7-6-10(12)15-11(2,3)4;12-8-1-2-9(13)11(8)7-17-6-5-16-4-3-10(14)15;1-10(2,3)15-9(12)4-5-13-6-7-14-8-11;1-2-10-7-8-12-9-5-3-4-6-11-9;1-14(9,10)13-7-6-12-8-4-2-3-5-11-8;9-7-10-5-6-12-8-3-1-2-4-11-8;8-4-6-10-7-3-1-2-5-9-7;1-5-6(8)9-7(2,3)4;6-4-1-2-5(7)3-4;1-2-6-4-3-5;2-1-3/h4-5H,6-10H2,1-3H3;5-9H2,1-4H3;1-2H,3-7H2,(H,14,15);11H,4-8H2,1-3H3;9H,2-8H2,1H3;8H,2-7H2,1H3;8-9H,1-7H2;7-8H,1-6H2;5H2,1-4H3;1-2H,3H2;5H,2-4H2,1H3;2-3H,1H2. The second-order valence-corrected chi connectivity index (χ2v) is 35.0. The lowest BCUT2D eigenvalue weighted by Crippen LogP contribution is -2.32. The van der Waals surface area contributed by atoms with Gasteiger partial charge in [-0.05, 0) is 193 Å². The number of carbonyl (C=O) groups is 11. The Kier molecular flexibility index (Phi) is 96.4. The van der Waals surface area contributed by atoms with E-state index >= 15 is 0 Å². The average molecular weight is 2070 g/mol. The maximum atomic E-state index is 11.4. The second kappa shape index (κ2) is 95.3. The van der Waals surface area contributed by atoms with Crippen molar-refractivity contribution in [2.24, 2.45) is 0 Å². The highest BCUT2D eigenvalue weighted by molar-refractivity contribution is 7.86. The molecule has 4 saturated heterocycles. The summed E-state index contributed by atoms with van der Waals surface area (Å²) >= 11 is 0. The average Bonchev–Trinajstić information content (AvgIpc) is 1.74. The van der Waals surface area contributed by atoms with Crippen molar-refractivity contribution in [2.75, 3.05) is 232 Å². The first-order chi connectivity index (χ1) is 66.8. The summed E-state index contributed by atoms with van der Waals surface area (Å²) in [6.07, 6.45) is 22.3. The summed E-state index contributed by atoms with van der Waals surface area (Å²) in [5, 5.41) is 55.6. The molecule has 0 aromatic carbocycles. The van der Waals surface area contributed by atoms with Crippen LogP contribution in [0.2, 0.25) is 0 Å². The number of ketones is 2. The van der Waals surface area contributed by atoms with Gasteiger partial charge in [0.1, 0.15) is 56.2 Å². The Morgan fingerprint density at radius 3 is 0.844 bits per heavy atom. The first kappa shape index (κ1) is 143. The van der Waals surface area contributed by atoms with Crippen molar-refractivity contribution >= 4 is 75.2 Å². The van der Waals surface area contributed by atoms with E-state index in [0.717, 1.165) is 100 Å². The number of aliphatic hydroxyl groups is 6. The first-order valence-corrected chi connectivity index (χ1v) is 49.3. The van der Waals surface area contributed by atoms with Gasteiger partial charge < -0.3 is 145 Å². The van der Waals surface area contributed by atoms with Crippen LogP contribution in [0.15, 0.2) is 36.5 Å². The van der Waals surface area contributed by atoms with Crippen molar-refractivity contribution in [2.45, 2.75) is 274 Å². The zero-order valence-electron chi connectivity index (χ0n) is 86.6. The minimum Gasteiger partial charge on any atom is -0.481 e. The molecule has 6 aliphatic heterocycles. The summed E-state index contributed by atoms with van der Waals surface area (Å²) in [5.41, 5.74) is -1.68. The number of hydrogen-bond donors (Lipinski definition) is 7. The number of rotatable bonds is 52. The van der Waals surface area contributed by atoms with Gasteiger partial charge in [0, 0.05) is 77.0 Å². The number of aliphatic hydroxyl groups excluding tert-OH is 5. The number of aliphatic carboxylic acids is 1. The van der Waals surface area contributed by atoms with Gasteiger partial charge in [-0.2, -0.15) is 8.42 Å². The van der Waals surface area contributed by atoms with Crippen LogP contribution < -0.4 is 0 Å². The SMILES string of the molecule is CC(C)(C)OC(=O)CCOCCOCN1C(=O)C=CC1=O.CC(C)(C)OC(=O)CCOCCOCO.CCC(=O)OC(C)(C)C.CCOCCO.CCOCCOC1CCCCO1.CCOCCOCCC(=O)OC(C)(C)C.CS(=O)(=O)OCCOC1CCCCO1.O=C(O)CCOCCOCN1C(=O)C=CC1=O.O=C1C=CC(=O)C1.OCCOC1CCCCO1.OCO.OCOCCOC1CCCCO1. The van der Waals surface area contributed by atoms with Crippen LogP contribution in [0.4, 0.5) is 0 Å². The summed E-state index contributed by atoms with van der Waals surface area (Å²) in [4.78, 5) is 121. The smallest absolute Gasteiger partial charge is 0.308 e. The molecule has 4 unspecified atom stereocenters. The predicted molar refractivity (Wildman–Crippen MR) is 508 cm³/mol. The van der Waals surface area contributed by atoms with E-state index in [1.165, 1.54) is 62.1 Å². The van der Waals surface area contributed by atoms with Crippen LogP contribution in [0.1, 0.15) is 226 Å². The van der Waals surface area contributed by atoms with Gasteiger partial charge in [-0.15, -0.1) is 0 Å². The van der Waals surface area contributed by atoms with Crippen molar-refractivity contribution in [3.63, 3.8) is 0 Å². The number of ether oxygens (including phenoxy) is 23. The molecule has 4 fully saturated rings. The largest absolute Gasteiger partial charge is 0.481 e. The molecule has 7 rings (SSSR count). The highest BCUT2D eigenvalue weighted by Crippen LogP contribution is 2.18. The third-order valence-electron chi connectivity index (χ3n) is 16.0. The van der Waals surface area contributed by atoms with Crippen molar-refractivity contribution in [3.05, 3.63) is 36.5 Å². The molecule has 7 N–H and O–H groups in total. The monoisotopic (exact) mass is 2070 g/mol. The predicted octanol–water partition coefficient (Wildman–Crippen LogP) is 6.34. The topological polar surface area (TPSA) is 592 Å². The molecule has 0 aromatic rings. The highest BCUT2D eigenvalue weighted by Gasteiger charge is 2.26. The van der Waals surface area contributed by atoms with Crippen molar-refractivity contribution in [3.8, 4) is 0 Å². The van der Waals surface area contributed by atoms with Gasteiger partial charge >= 0.3 is 29.8 Å². The number of esters is 4. The van der Waals surface area contributed by atoms with Crippen molar-refractivity contribution in [1.82, 2.24) is 9.80 Å². The maximum absolute atomic E-state index is 11.4. The van der Waals surface area contributed by atoms with E-state index in [0.29, 0.717) is 105 Å². The number of carboxylic acids is 1. The minimum atomic E-state index is -3.35. The van der Waals surface area contributed by atoms with E-state index in [1.807, 2.05) is 83.1 Å². The summed E-state index contributed by atoms with van der Waals surface area (Å²) in [5.74, 6) is -3.60. The number of nitrogens with zero attached hydrogens (tertiary/aromatic N) is 2. The Hall–Kier alpha value is -6.90. The van der Waals surface area contributed by atoms with Crippen LogP contribution in [-0.4, -0.2) is 398 Å². The third-order valence-corrected chi connectivity index (χ3v) is 16.6. The lowest BCUT2D eigenvalue weighted by molar-refractivity contribution is -0.172. The normalized spacial score (nSPS) is 17.0. The number of hydrogen-bond acceptors (Lipinski definition) is 43. The molecule has 0 radical (unpaired) electrons. The lowest BCUT2D eigenvalue weighted by atomic mass is 10.2. The van der Waals surface area contributed by atoms with Crippen LogP contribution in [0.3, 0.4) is 0 Å². The Morgan fingerprint density at radius 1 is 0.340 bits per heavy atom. The van der Waals surface area contributed by atoms with Crippen molar-refractivity contribution < 1.29 is 210 Å².